The van der Waals surface area contributed by atoms with Gasteiger partial charge in [0.1, 0.15) is 5.82 Å². The van der Waals surface area contributed by atoms with E-state index >= 15 is 0 Å². The molecule has 0 saturated heterocycles. The molecule has 0 aromatic heterocycles. The van der Waals surface area contributed by atoms with Gasteiger partial charge >= 0.3 is 0 Å². The van der Waals surface area contributed by atoms with E-state index in [1.807, 2.05) is 13.0 Å². The summed E-state index contributed by atoms with van der Waals surface area (Å²) in [5.41, 5.74) is 1.58. The fourth-order valence-electron chi connectivity index (χ4n) is 2.44. The van der Waals surface area contributed by atoms with Crippen molar-refractivity contribution in [2.24, 2.45) is 0 Å². The maximum atomic E-state index is 14.2. The van der Waals surface area contributed by atoms with Crippen molar-refractivity contribution < 1.29 is 9.50 Å². The van der Waals surface area contributed by atoms with Crippen LogP contribution in [0.3, 0.4) is 0 Å². The van der Waals surface area contributed by atoms with Crippen molar-refractivity contribution in [3.63, 3.8) is 0 Å². The smallest absolute Gasteiger partial charge is 0.130 e. The molecule has 114 valence electrons. The molecule has 0 spiro atoms. The van der Waals surface area contributed by atoms with Gasteiger partial charge in [-0.05, 0) is 38.4 Å². The molecule has 20 heavy (non-hydrogen) atoms. The van der Waals surface area contributed by atoms with Crippen LogP contribution in [0, 0.1) is 5.82 Å². The Labute approximate surface area is 121 Å². The third-order valence-corrected chi connectivity index (χ3v) is 3.37. The molecule has 2 N–H and O–H groups in total. The van der Waals surface area contributed by atoms with Crippen molar-refractivity contribution in [2.75, 3.05) is 31.1 Å². The first-order valence-corrected chi connectivity index (χ1v) is 7.53. The average Bonchev–Trinajstić information content (AvgIpc) is 2.44. The van der Waals surface area contributed by atoms with E-state index in [0.29, 0.717) is 12.1 Å². The Morgan fingerprint density at radius 3 is 2.60 bits per heavy atom. The van der Waals surface area contributed by atoms with E-state index in [4.69, 9.17) is 0 Å². The van der Waals surface area contributed by atoms with Crippen molar-refractivity contribution in [2.45, 2.75) is 39.7 Å². The zero-order valence-corrected chi connectivity index (χ0v) is 12.8. The summed E-state index contributed by atoms with van der Waals surface area (Å²) in [5, 5.41) is 12.6. The van der Waals surface area contributed by atoms with Gasteiger partial charge in [0.05, 0.1) is 6.61 Å². The molecule has 0 bridgehead atoms. The van der Waals surface area contributed by atoms with E-state index in [2.05, 4.69) is 24.1 Å². The van der Waals surface area contributed by atoms with Crippen LogP contribution < -0.4 is 10.2 Å². The number of anilines is 1. The van der Waals surface area contributed by atoms with Crippen LogP contribution >= 0.6 is 0 Å². The highest BCUT2D eigenvalue weighted by Gasteiger charge is 2.18. The predicted octanol–water partition coefficient (Wildman–Crippen LogP) is 3.10. The lowest BCUT2D eigenvalue weighted by Crippen LogP contribution is -2.30. The Morgan fingerprint density at radius 2 is 2.00 bits per heavy atom. The van der Waals surface area contributed by atoms with Crippen LogP contribution in [-0.2, 0) is 0 Å². The largest absolute Gasteiger partial charge is 0.395 e. The van der Waals surface area contributed by atoms with Crippen molar-refractivity contribution in [1.29, 1.82) is 0 Å². The second-order valence-corrected chi connectivity index (χ2v) is 5.06. The fraction of sp³-hybridized carbons (Fsp3) is 0.625. The minimum absolute atomic E-state index is 0.0378. The zero-order chi connectivity index (χ0) is 15.0. The van der Waals surface area contributed by atoms with Crippen molar-refractivity contribution in [3.05, 3.63) is 29.6 Å². The highest BCUT2D eigenvalue weighted by Crippen LogP contribution is 2.29. The van der Waals surface area contributed by atoms with Crippen LogP contribution in [0.5, 0.6) is 0 Å². The molecule has 1 aromatic carbocycles. The SMILES string of the molecule is CCCNC(C)c1c(F)cccc1N(CCC)CCO. The summed E-state index contributed by atoms with van der Waals surface area (Å²) in [6.07, 6.45) is 1.98. The minimum Gasteiger partial charge on any atom is -0.395 e. The number of aliphatic hydroxyl groups is 1. The first-order chi connectivity index (χ1) is 9.65. The summed E-state index contributed by atoms with van der Waals surface area (Å²) in [5.74, 6) is -0.183. The summed E-state index contributed by atoms with van der Waals surface area (Å²) in [4.78, 5) is 2.06. The van der Waals surface area contributed by atoms with Crippen molar-refractivity contribution >= 4 is 5.69 Å². The van der Waals surface area contributed by atoms with Gasteiger partial charge in [-0.2, -0.15) is 0 Å². The highest BCUT2D eigenvalue weighted by molar-refractivity contribution is 5.55. The van der Waals surface area contributed by atoms with Crippen LogP contribution in [0.4, 0.5) is 10.1 Å². The summed E-state index contributed by atoms with van der Waals surface area (Å²) >= 11 is 0. The molecule has 4 heteroatoms. The van der Waals surface area contributed by atoms with Gasteiger partial charge in [-0.1, -0.05) is 19.9 Å². The molecular formula is C16H27FN2O. The third-order valence-electron chi connectivity index (χ3n) is 3.37. The molecule has 0 saturated carbocycles. The molecule has 1 aromatic rings. The Bertz CT molecular complexity index is 392. The number of hydrogen-bond donors (Lipinski definition) is 2. The van der Waals surface area contributed by atoms with Gasteiger partial charge in [0.15, 0.2) is 0 Å². The molecule has 0 aliphatic heterocycles. The van der Waals surface area contributed by atoms with Gasteiger partial charge in [-0.25, -0.2) is 4.39 Å². The topological polar surface area (TPSA) is 35.5 Å². The van der Waals surface area contributed by atoms with Crippen LogP contribution in [0.15, 0.2) is 18.2 Å². The molecule has 0 aliphatic rings. The molecule has 0 fully saturated rings. The van der Waals surface area contributed by atoms with E-state index in [1.54, 1.807) is 6.07 Å². The minimum atomic E-state index is -0.183. The maximum absolute atomic E-state index is 14.2. The number of nitrogens with zero attached hydrogens (tertiary/aromatic N) is 1. The maximum Gasteiger partial charge on any atom is 0.130 e. The molecular weight excluding hydrogens is 255 g/mol. The molecule has 1 atom stereocenters. The Kier molecular flexibility index (Phi) is 7.55. The zero-order valence-electron chi connectivity index (χ0n) is 12.8. The molecule has 3 nitrogen and oxygen atoms in total. The monoisotopic (exact) mass is 282 g/mol. The van der Waals surface area contributed by atoms with E-state index in [-0.39, 0.29) is 18.5 Å². The summed E-state index contributed by atoms with van der Waals surface area (Å²) in [6, 6.07) is 5.14. The molecule has 1 rings (SSSR count). The number of halogens is 1. The Morgan fingerprint density at radius 1 is 1.25 bits per heavy atom. The van der Waals surface area contributed by atoms with Crippen LogP contribution in [0.1, 0.15) is 45.2 Å². The van der Waals surface area contributed by atoms with Gasteiger partial charge in [0, 0.05) is 30.4 Å². The standard InChI is InChI=1S/C16H27FN2O/c1-4-9-18-13(3)16-14(17)7-6-8-15(16)19(10-5-2)11-12-20/h6-8,13,18,20H,4-5,9-12H2,1-3H3. The summed E-state index contributed by atoms with van der Waals surface area (Å²) in [6.45, 7) is 8.46. The summed E-state index contributed by atoms with van der Waals surface area (Å²) < 4.78 is 14.2. The van der Waals surface area contributed by atoms with Crippen LogP contribution in [0.25, 0.3) is 0 Å². The molecule has 1 unspecified atom stereocenters. The van der Waals surface area contributed by atoms with Crippen molar-refractivity contribution in [1.82, 2.24) is 5.32 Å². The van der Waals surface area contributed by atoms with Crippen LogP contribution in [-0.4, -0.2) is 31.3 Å². The first-order valence-electron chi connectivity index (χ1n) is 7.53. The summed E-state index contributed by atoms with van der Waals surface area (Å²) in [7, 11) is 0. The average molecular weight is 282 g/mol. The molecule has 0 aliphatic carbocycles. The number of nitrogens with one attached hydrogen (secondary N) is 1. The van der Waals surface area contributed by atoms with Crippen molar-refractivity contribution in [3.8, 4) is 0 Å². The van der Waals surface area contributed by atoms with E-state index < -0.39 is 0 Å². The third kappa shape index (κ3) is 4.46. The van der Waals surface area contributed by atoms with E-state index in [9.17, 15) is 9.50 Å². The van der Waals surface area contributed by atoms with Gasteiger partial charge in [-0.3, -0.25) is 0 Å². The lowest BCUT2D eigenvalue weighted by molar-refractivity contribution is 0.301. The predicted molar refractivity (Wildman–Crippen MR) is 82.7 cm³/mol. The fourth-order valence-corrected chi connectivity index (χ4v) is 2.44. The van der Waals surface area contributed by atoms with Gasteiger partial charge < -0.3 is 15.3 Å². The molecule has 0 amide bonds. The second-order valence-electron chi connectivity index (χ2n) is 5.06. The first kappa shape index (κ1) is 16.9. The number of aliphatic hydroxyl groups excluding tert-OH is 1. The van der Waals surface area contributed by atoms with E-state index in [0.717, 1.165) is 31.6 Å². The number of hydrogen-bond acceptors (Lipinski definition) is 3. The lowest BCUT2D eigenvalue weighted by Gasteiger charge is -2.28. The van der Waals surface area contributed by atoms with Gasteiger partial charge in [0.25, 0.3) is 0 Å². The lowest BCUT2D eigenvalue weighted by atomic mass is 10.0. The Hall–Kier alpha value is -1.13. The number of benzene rings is 1. The second kappa shape index (κ2) is 8.93. The number of rotatable bonds is 9. The molecule has 0 heterocycles. The van der Waals surface area contributed by atoms with Gasteiger partial charge in [-0.15, -0.1) is 0 Å². The normalized spacial score (nSPS) is 12.4. The quantitative estimate of drug-likeness (QED) is 0.730. The van der Waals surface area contributed by atoms with Gasteiger partial charge in [0.2, 0.25) is 0 Å². The highest BCUT2D eigenvalue weighted by atomic mass is 19.1. The molecule has 0 radical (unpaired) electrons. The van der Waals surface area contributed by atoms with Crippen LogP contribution in [0.2, 0.25) is 0 Å². The van der Waals surface area contributed by atoms with E-state index in [1.165, 1.54) is 6.07 Å². The Balaban J connectivity index is 3.07.